The Morgan fingerprint density at radius 1 is 1.14 bits per heavy atom. The van der Waals surface area contributed by atoms with E-state index < -0.39 is 23.8 Å². The van der Waals surface area contributed by atoms with E-state index in [0.717, 1.165) is 23.6 Å². The van der Waals surface area contributed by atoms with Gasteiger partial charge in [0.2, 0.25) is 11.8 Å². The Labute approximate surface area is 163 Å². The van der Waals surface area contributed by atoms with Gasteiger partial charge in [-0.25, -0.2) is 0 Å². The number of likely N-dealkylation sites (tertiary alicyclic amines) is 1. The van der Waals surface area contributed by atoms with Crippen molar-refractivity contribution in [1.82, 2.24) is 15.1 Å². The first-order chi connectivity index (χ1) is 13.2. The second kappa shape index (κ2) is 6.49. The minimum atomic E-state index is -0.939. The van der Waals surface area contributed by atoms with Crippen LogP contribution in [0.25, 0.3) is 0 Å². The van der Waals surface area contributed by atoms with Crippen LogP contribution in [0.4, 0.5) is 0 Å². The molecule has 0 aromatic heterocycles. The van der Waals surface area contributed by atoms with Crippen LogP contribution in [0.2, 0.25) is 0 Å². The van der Waals surface area contributed by atoms with Gasteiger partial charge in [-0.3, -0.25) is 34.3 Å². The van der Waals surface area contributed by atoms with Crippen LogP contribution >= 0.6 is 0 Å². The third kappa shape index (κ3) is 3.02. The number of nitrogens with one attached hydrogen (secondary N) is 1. The Hall–Kier alpha value is -2.58. The lowest BCUT2D eigenvalue weighted by atomic mass is 9.89. The highest BCUT2D eigenvalue weighted by molar-refractivity contribution is 6.23. The molecule has 3 aliphatic heterocycles. The molecule has 1 aromatic carbocycles. The summed E-state index contributed by atoms with van der Waals surface area (Å²) in [6, 6.07) is 4.38. The quantitative estimate of drug-likeness (QED) is 0.723. The molecule has 2 fully saturated rings. The number of piperidine rings is 1. The van der Waals surface area contributed by atoms with Crippen molar-refractivity contribution in [3.63, 3.8) is 0 Å². The Morgan fingerprint density at radius 2 is 1.86 bits per heavy atom. The van der Waals surface area contributed by atoms with Gasteiger partial charge in [-0.2, -0.15) is 0 Å². The van der Waals surface area contributed by atoms with Crippen LogP contribution in [-0.4, -0.2) is 58.6 Å². The molecule has 1 aromatic rings. The van der Waals surface area contributed by atoms with Crippen LogP contribution < -0.4 is 11.1 Å². The lowest BCUT2D eigenvalue weighted by molar-refractivity contribution is -0.136. The molecule has 3 heterocycles. The summed E-state index contributed by atoms with van der Waals surface area (Å²) in [7, 11) is 0. The molecular formula is C20H24N4O4. The first-order valence-electron chi connectivity index (χ1n) is 9.50. The molecule has 2 atom stereocenters. The van der Waals surface area contributed by atoms with E-state index in [1.54, 1.807) is 12.1 Å². The maximum Gasteiger partial charge on any atom is 0.262 e. The first-order valence-corrected chi connectivity index (χ1v) is 9.50. The summed E-state index contributed by atoms with van der Waals surface area (Å²) in [6.45, 7) is 6.56. The zero-order chi connectivity index (χ0) is 20.2. The fraction of sp³-hybridized carbons (Fsp3) is 0.500. The predicted octanol–water partition coefficient (Wildman–Crippen LogP) is 0.257. The zero-order valence-electron chi connectivity index (χ0n) is 16.0. The maximum atomic E-state index is 12.9. The van der Waals surface area contributed by atoms with Crippen LogP contribution in [0, 0.1) is 5.41 Å². The van der Waals surface area contributed by atoms with Crippen LogP contribution in [0.5, 0.6) is 0 Å². The fourth-order valence-corrected chi connectivity index (χ4v) is 4.28. The molecule has 0 radical (unpaired) electrons. The van der Waals surface area contributed by atoms with Gasteiger partial charge < -0.3 is 5.73 Å². The molecule has 0 bridgehead atoms. The number of nitrogens with two attached hydrogens (primary N) is 1. The average Bonchev–Trinajstić information content (AvgIpc) is 3.01. The molecule has 4 rings (SSSR count). The summed E-state index contributed by atoms with van der Waals surface area (Å²) >= 11 is 0. The van der Waals surface area contributed by atoms with Gasteiger partial charge in [-0.1, -0.05) is 19.9 Å². The number of hydrogen-bond acceptors (Lipinski definition) is 6. The summed E-state index contributed by atoms with van der Waals surface area (Å²) < 4.78 is 0. The number of benzene rings is 1. The predicted molar refractivity (Wildman–Crippen MR) is 100 cm³/mol. The molecule has 148 valence electrons. The number of fused-ring (bicyclic) bond motifs is 1. The average molecular weight is 384 g/mol. The molecule has 2 unspecified atom stereocenters. The van der Waals surface area contributed by atoms with Crippen molar-refractivity contribution in [3.8, 4) is 0 Å². The lowest BCUT2D eigenvalue weighted by Crippen LogP contribution is -2.54. The van der Waals surface area contributed by atoms with E-state index in [-0.39, 0.29) is 30.2 Å². The number of rotatable bonds is 3. The van der Waals surface area contributed by atoms with Gasteiger partial charge in [0.05, 0.1) is 11.1 Å². The smallest absolute Gasteiger partial charge is 0.262 e. The van der Waals surface area contributed by atoms with Crippen molar-refractivity contribution in [2.24, 2.45) is 11.1 Å². The number of hydrogen-bond donors (Lipinski definition) is 2. The Balaban J connectivity index is 1.55. The minimum absolute atomic E-state index is 0.0328. The molecular weight excluding hydrogens is 360 g/mol. The summed E-state index contributed by atoms with van der Waals surface area (Å²) in [5.74, 6) is -1.94. The highest BCUT2D eigenvalue weighted by Gasteiger charge is 2.44. The Bertz CT molecular complexity index is 894. The van der Waals surface area contributed by atoms with Gasteiger partial charge in [0, 0.05) is 32.1 Å². The number of amides is 4. The van der Waals surface area contributed by atoms with E-state index in [1.165, 1.54) is 0 Å². The van der Waals surface area contributed by atoms with E-state index in [9.17, 15) is 19.2 Å². The summed E-state index contributed by atoms with van der Waals surface area (Å²) in [6.07, 6.45) is 0.268. The van der Waals surface area contributed by atoms with Gasteiger partial charge in [-0.15, -0.1) is 0 Å². The Kier molecular flexibility index (Phi) is 4.35. The number of nitrogens with zero attached hydrogens (tertiary/aromatic N) is 2. The van der Waals surface area contributed by atoms with E-state index in [1.807, 2.05) is 6.07 Å². The van der Waals surface area contributed by atoms with Crippen molar-refractivity contribution in [3.05, 3.63) is 34.9 Å². The van der Waals surface area contributed by atoms with Crippen LogP contribution in [-0.2, 0) is 16.1 Å². The van der Waals surface area contributed by atoms with Crippen molar-refractivity contribution < 1.29 is 19.2 Å². The van der Waals surface area contributed by atoms with Crippen molar-refractivity contribution in [2.45, 2.75) is 45.3 Å². The Morgan fingerprint density at radius 3 is 2.50 bits per heavy atom. The monoisotopic (exact) mass is 384 g/mol. The normalized spacial score (nSPS) is 27.3. The van der Waals surface area contributed by atoms with E-state index >= 15 is 0 Å². The summed E-state index contributed by atoms with van der Waals surface area (Å²) in [5.41, 5.74) is 7.78. The molecule has 4 amide bonds. The molecule has 0 saturated carbocycles. The third-order valence-corrected chi connectivity index (χ3v) is 6.00. The summed E-state index contributed by atoms with van der Waals surface area (Å²) in [4.78, 5) is 52.3. The summed E-state index contributed by atoms with van der Waals surface area (Å²) in [5, 5.41) is 2.20. The van der Waals surface area contributed by atoms with Crippen LogP contribution in [0.1, 0.15) is 53.0 Å². The number of carbonyl (C=O) groups is 4. The topological polar surface area (TPSA) is 113 Å². The van der Waals surface area contributed by atoms with Crippen molar-refractivity contribution in [1.29, 1.82) is 0 Å². The molecule has 0 spiro atoms. The minimum Gasteiger partial charge on any atom is -0.326 e. The van der Waals surface area contributed by atoms with E-state index in [0.29, 0.717) is 17.7 Å². The lowest BCUT2D eigenvalue weighted by Gasteiger charge is -2.27. The molecule has 3 aliphatic rings. The van der Waals surface area contributed by atoms with Crippen molar-refractivity contribution in [2.75, 3.05) is 13.1 Å². The van der Waals surface area contributed by atoms with Gasteiger partial charge in [0.1, 0.15) is 6.04 Å². The van der Waals surface area contributed by atoms with E-state index in [4.69, 9.17) is 5.73 Å². The van der Waals surface area contributed by atoms with Crippen molar-refractivity contribution >= 4 is 23.6 Å². The van der Waals surface area contributed by atoms with Crippen LogP contribution in [0.15, 0.2) is 18.2 Å². The highest BCUT2D eigenvalue weighted by Crippen LogP contribution is 2.31. The van der Waals surface area contributed by atoms with Gasteiger partial charge in [0.15, 0.2) is 0 Å². The first kappa shape index (κ1) is 18.8. The SMILES string of the molecule is CC1(C)CN(Cc2ccc3c(c2)C(=O)N(C2CCC(=O)NC2=O)C3=O)CC1N. The molecule has 0 aliphatic carbocycles. The van der Waals surface area contributed by atoms with Gasteiger partial charge in [-0.05, 0) is 29.5 Å². The molecule has 28 heavy (non-hydrogen) atoms. The second-order valence-corrected chi connectivity index (χ2v) is 8.59. The van der Waals surface area contributed by atoms with Crippen LogP contribution in [0.3, 0.4) is 0 Å². The molecule has 8 heteroatoms. The number of imide groups is 2. The number of carbonyl (C=O) groups excluding carboxylic acids is 4. The molecule has 2 saturated heterocycles. The standard InChI is InChI=1S/C20H24N4O4/c1-20(2)10-23(9-15(20)21)8-11-3-4-12-13(7-11)19(28)24(18(12)27)14-5-6-16(25)22-17(14)26/h3-4,7,14-15H,5-6,8-10,21H2,1-2H3,(H,22,25,26). The maximum absolute atomic E-state index is 12.9. The molecule has 3 N–H and O–H groups in total. The largest absolute Gasteiger partial charge is 0.326 e. The molecule has 8 nitrogen and oxygen atoms in total. The fourth-order valence-electron chi connectivity index (χ4n) is 4.28. The highest BCUT2D eigenvalue weighted by atomic mass is 16.2. The second-order valence-electron chi connectivity index (χ2n) is 8.59. The van der Waals surface area contributed by atoms with Gasteiger partial charge >= 0.3 is 0 Å². The zero-order valence-corrected chi connectivity index (χ0v) is 16.0. The third-order valence-electron chi connectivity index (χ3n) is 6.00. The van der Waals surface area contributed by atoms with E-state index in [2.05, 4.69) is 24.1 Å². The van der Waals surface area contributed by atoms with Gasteiger partial charge in [0.25, 0.3) is 11.8 Å².